The highest BCUT2D eigenvalue weighted by Gasteiger charge is 2.25. The Morgan fingerprint density at radius 3 is 1.09 bits per heavy atom. The monoisotopic (exact) mass is 1370 g/mol. The van der Waals surface area contributed by atoms with Gasteiger partial charge in [0.05, 0.1) is 22.1 Å². The summed E-state index contributed by atoms with van der Waals surface area (Å²) in [5, 5.41) is 17.7. The maximum atomic E-state index is 6.83. The van der Waals surface area contributed by atoms with E-state index in [1.165, 1.54) is 37.8 Å². The molecule has 16 aromatic carbocycles. The van der Waals surface area contributed by atoms with Crippen molar-refractivity contribution in [2.45, 2.75) is 0 Å². The van der Waals surface area contributed by atoms with Gasteiger partial charge in [0.1, 0.15) is 33.5 Å². The Balaban J connectivity index is 0.000000133. The molecule has 7 heterocycles. The molecule has 11 heteroatoms. The van der Waals surface area contributed by atoms with Gasteiger partial charge in [-0.05, 0) is 88.3 Å². The van der Waals surface area contributed by atoms with Crippen LogP contribution in [0.2, 0.25) is 0 Å². The molecule has 0 amide bonds. The summed E-state index contributed by atoms with van der Waals surface area (Å²) in [5.74, 6) is 3.75. The predicted molar refractivity (Wildman–Crippen MR) is 435 cm³/mol. The van der Waals surface area contributed by atoms with Crippen LogP contribution in [-0.4, -0.2) is 39.0 Å². The van der Waals surface area contributed by atoms with Crippen molar-refractivity contribution < 1.29 is 13.3 Å². The van der Waals surface area contributed by atoms with Gasteiger partial charge in [-0.15, -0.1) is 0 Å². The van der Waals surface area contributed by atoms with Crippen LogP contribution in [0.3, 0.4) is 0 Å². The van der Waals surface area contributed by atoms with Crippen molar-refractivity contribution in [3.05, 3.63) is 340 Å². The molecule has 0 saturated carbocycles. The van der Waals surface area contributed by atoms with E-state index >= 15 is 0 Å². The number of fused-ring (bicyclic) bond motifs is 21. The fourth-order valence-electron chi connectivity index (χ4n) is 16.2. The molecule has 23 rings (SSSR count). The second-order valence-electron chi connectivity index (χ2n) is 27.2. The van der Waals surface area contributed by atoms with E-state index in [1.54, 1.807) is 0 Å². The molecule has 0 aliphatic carbocycles. The highest BCUT2D eigenvalue weighted by Crippen LogP contribution is 2.46. The van der Waals surface area contributed by atoms with Gasteiger partial charge in [0, 0.05) is 128 Å². The maximum Gasteiger partial charge on any atom is 0.164 e. The molecule has 11 nitrogen and oxygen atoms in total. The van der Waals surface area contributed by atoms with Gasteiger partial charge in [-0.25, -0.2) is 29.9 Å². The number of hydrogen-bond donors (Lipinski definition) is 0. The van der Waals surface area contributed by atoms with E-state index in [0.717, 1.165) is 149 Å². The lowest BCUT2D eigenvalue weighted by Crippen LogP contribution is -2.00. The summed E-state index contributed by atoms with van der Waals surface area (Å²) in [6, 6.07) is 118. The van der Waals surface area contributed by atoms with E-state index in [2.05, 4.69) is 215 Å². The zero-order valence-corrected chi connectivity index (χ0v) is 57.1. The Labute approximate surface area is 609 Å². The summed E-state index contributed by atoms with van der Waals surface area (Å²) in [4.78, 5) is 30.3. The zero-order valence-electron chi connectivity index (χ0n) is 57.1. The lowest BCUT2D eigenvalue weighted by Gasteiger charge is -2.11. The van der Waals surface area contributed by atoms with Crippen molar-refractivity contribution >= 4 is 142 Å². The molecule has 107 heavy (non-hydrogen) atoms. The van der Waals surface area contributed by atoms with Crippen molar-refractivity contribution in [1.29, 1.82) is 0 Å². The summed E-state index contributed by atoms with van der Waals surface area (Å²) in [7, 11) is 0. The number of para-hydroxylation sites is 3. The number of rotatable bonds is 8. The van der Waals surface area contributed by atoms with Crippen molar-refractivity contribution in [3.63, 3.8) is 0 Å². The maximum absolute atomic E-state index is 6.83. The van der Waals surface area contributed by atoms with E-state index < -0.39 is 0 Å². The van der Waals surface area contributed by atoms with E-state index in [-0.39, 0.29) is 0 Å². The molecule has 0 radical (unpaired) electrons. The minimum atomic E-state index is 0.610. The fraction of sp³-hybridized carbons (Fsp3) is 0. The molecular weight excluding hydrogens is 1310 g/mol. The van der Waals surface area contributed by atoms with Crippen LogP contribution in [0.4, 0.5) is 0 Å². The largest absolute Gasteiger partial charge is 0.456 e. The van der Waals surface area contributed by atoms with Gasteiger partial charge in [-0.2, -0.15) is 0 Å². The van der Waals surface area contributed by atoms with Crippen LogP contribution < -0.4 is 0 Å². The Morgan fingerprint density at radius 2 is 0.579 bits per heavy atom. The Bertz CT molecular complexity index is 7450. The first-order chi connectivity index (χ1) is 53.0. The number of hydrogen-bond acceptors (Lipinski definition) is 9. The Hall–Kier alpha value is -14.7. The molecule has 0 unspecified atom stereocenters. The second-order valence-corrected chi connectivity index (χ2v) is 27.2. The van der Waals surface area contributed by atoms with Crippen LogP contribution >= 0.6 is 0 Å². The third-order valence-corrected chi connectivity index (χ3v) is 21.1. The Morgan fingerprint density at radius 1 is 0.196 bits per heavy atom. The van der Waals surface area contributed by atoms with Crippen LogP contribution in [0.1, 0.15) is 0 Å². The summed E-state index contributed by atoms with van der Waals surface area (Å²) < 4.78 is 24.7. The fourth-order valence-corrected chi connectivity index (χ4v) is 16.2. The van der Waals surface area contributed by atoms with E-state index in [9.17, 15) is 0 Å². The number of aromatic nitrogens is 8. The molecule has 0 aliphatic rings. The average Bonchev–Trinajstić information content (AvgIpc) is 1.58. The second kappa shape index (κ2) is 24.0. The first kappa shape index (κ1) is 60.0. The third-order valence-electron chi connectivity index (χ3n) is 21.1. The van der Waals surface area contributed by atoms with Gasteiger partial charge in [0.2, 0.25) is 0 Å². The van der Waals surface area contributed by atoms with Crippen LogP contribution in [0.5, 0.6) is 0 Å². The van der Waals surface area contributed by atoms with Crippen LogP contribution in [0.15, 0.2) is 353 Å². The zero-order chi connectivity index (χ0) is 70.2. The molecule has 0 saturated heterocycles. The van der Waals surface area contributed by atoms with Crippen LogP contribution in [-0.2, 0) is 0 Å². The molecule has 0 spiro atoms. The first-order valence-electron chi connectivity index (χ1n) is 35.8. The van der Waals surface area contributed by atoms with Crippen molar-refractivity contribution in [2.75, 3.05) is 0 Å². The van der Waals surface area contributed by atoms with E-state index in [1.807, 2.05) is 133 Å². The normalized spacial score (nSPS) is 11.9. The van der Waals surface area contributed by atoms with Gasteiger partial charge in [0.25, 0.3) is 0 Å². The molecule has 0 aliphatic heterocycles. The topological polar surface area (TPSA) is 127 Å². The number of benzene rings is 16. The average molecular weight is 1370 g/mol. The molecule has 498 valence electrons. The van der Waals surface area contributed by atoms with E-state index in [0.29, 0.717) is 34.9 Å². The van der Waals surface area contributed by atoms with Crippen molar-refractivity contribution in [1.82, 2.24) is 39.0 Å². The highest BCUT2D eigenvalue weighted by molar-refractivity contribution is 6.24. The van der Waals surface area contributed by atoms with E-state index in [4.69, 9.17) is 43.2 Å². The molecule has 23 aromatic rings. The molecule has 7 aromatic heterocycles. The van der Waals surface area contributed by atoms with Crippen LogP contribution in [0.25, 0.3) is 221 Å². The number of furan rings is 3. The minimum Gasteiger partial charge on any atom is -0.456 e. The summed E-state index contributed by atoms with van der Waals surface area (Å²) >= 11 is 0. The van der Waals surface area contributed by atoms with Crippen LogP contribution in [0, 0.1) is 0 Å². The van der Waals surface area contributed by atoms with Gasteiger partial charge in [-0.1, -0.05) is 255 Å². The molecule has 0 bridgehead atoms. The Kier molecular flexibility index (Phi) is 13.4. The van der Waals surface area contributed by atoms with Crippen molar-refractivity contribution in [3.8, 4) is 79.7 Å². The van der Waals surface area contributed by atoms with Gasteiger partial charge < -0.3 is 22.4 Å². The quantitative estimate of drug-likeness (QED) is 0.146. The van der Waals surface area contributed by atoms with Gasteiger partial charge >= 0.3 is 0 Å². The standard InChI is InChI=1S/C49H28N4O2.C47H28N4O/c1-3-13-29(14-4-1)47-50-48(30-15-5-2-6-16-30)52-49(51-47)40-27-39-35-24-23-31(25-44(35)55-46(39)36-20-8-7-17-32(36)40)53-41-21-11-9-18-33(41)37-26-38-34-19-10-12-22-43(34)54-45(38)28-42(37)53;1-3-14-30(15-4-1)45-48-46(31-16-5-2-6-17-31)50-47(49-45)39-28-38-35-25-24-32(27-42(35)52-44(38)36-20-10-9-19-34(36)39)51-40-22-12-11-21-37(40)43-33-18-8-7-13-29(33)23-26-41(43)51/h1-28H;1-28H. The summed E-state index contributed by atoms with van der Waals surface area (Å²) in [6.07, 6.45) is 0. The summed E-state index contributed by atoms with van der Waals surface area (Å²) in [6.45, 7) is 0. The number of nitrogens with zero attached hydrogens (tertiary/aromatic N) is 8. The third kappa shape index (κ3) is 9.68. The highest BCUT2D eigenvalue weighted by atomic mass is 16.3. The summed E-state index contributed by atoms with van der Waals surface area (Å²) in [5.41, 5.74) is 17.2. The predicted octanol–water partition coefficient (Wildman–Crippen LogP) is 25.1. The smallest absolute Gasteiger partial charge is 0.164 e. The van der Waals surface area contributed by atoms with Gasteiger partial charge in [-0.3, -0.25) is 0 Å². The lowest BCUT2D eigenvalue weighted by atomic mass is 9.99. The molecule has 0 atom stereocenters. The molecular formula is C96H56N8O3. The van der Waals surface area contributed by atoms with Gasteiger partial charge in [0.15, 0.2) is 34.9 Å². The SMILES string of the molecule is c1ccc(-c2nc(-c3ccccc3)nc(-c3cc4c5ccc(-n6c7ccccc7c7c8ccccc8ccc76)cc5oc4c4ccccc34)n2)cc1.c1ccc(-c2nc(-c3ccccc3)nc(-c3cc4c5ccc(-n6c7ccccc7c7cc8c(cc76)oc6ccccc68)cc5oc4c4ccccc34)n2)cc1. The first-order valence-corrected chi connectivity index (χ1v) is 35.8. The molecule has 0 N–H and O–H groups in total. The molecule has 0 fully saturated rings. The van der Waals surface area contributed by atoms with Crippen molar-refractivity contribution in [2.24, 2.45) is 0 Å². The lowest BCUT2D eigenvalue weighted by molar-refractivity contribution is 0.669. The minimum absolute atomic E-state index is 0.610.